The Labute approximate surface area is 99.7 Å². The van der Waals surface area contributed by atoms with Crippen LogP contribution < -0.4 is 5.32 Å². The minimum absolute atomic E-state index is 0.279. The van der Waals surface area contributed by atoms with E-state index in [1.54, 1.807) is 19.2 Å². The van der Waals surface area contributed by atoms with Crippen LogP contribution in [0, 0.1) is 5.82 Å². The molecule has 0 atom stereocenters. The molecule has 1 aromatic carbocycles. The van der Waals surface area contributed by atoms with Crippen molar-refractivity contribution in [1.29, 1.82) is 0 Å². The molecule has 4 heteroatoms. The van der Waals surface area contributed by atoms with Crippen LogP contribution in [0.25, 0.3) is 11.4 Å². The molecule has 1 aromatic heterocycles. The number of hydrogen-bond donors (Lipinski definition) is 1. The molecule has 2 rings (SSSR count). The van der Waals surface area contributed by atoms with Crippen LogP contribution in [-0.4, -0.2) is 17.0 Å². The second-order valence-electron chi connectivity index (χ2n) is 3.68. The highest BCUT2D eigenvalue weighted by Gasteiger charge is 2.06. The van der Waals surface area contributed by atoms with E-state index in [-0.39, 0.29) is 5.82 Å². The Morgan fingerprint density at radius 3 is 2.71 bits per heavy atom. The first kappa shape index (κ1) is 11.5. The molecule has 0 saturated carbocycles. The Bertz CT molecular complexity index is 504. The predicted octanol–water partition coefficient (Wildman–Crippen LogP) is 2.89. The van der Waals surface area contributed by atoms with Gasteiger partial charge in [-0.25, -0.2) is 14.4 Å². The zero-order valence-electron chi connectivity index (χ0n) is 9.87. The molecule has 0 bridgehead atoms. The van der Waals surface area contributed by atoms with Crippen LogP contribution >= 0.6 is 0 Å². The van der Waals surface area contributed by atoms with Gasteiger partial charge in [0, 0.05) is 24.4 Å². The van der Waals surface area contributed by atoms with Crippen molar-refractivity contribution in [2.75, 3.05) is 12.4 Å². The zero-order valence-corrected chi connectivity index (χ0v) is 9.87. The van der Waals surface area contributed by atoms with Gasteiger partial charge in [-0.1, -0.05) is 19.1 Å². The summed E-state index contributed by atoms with van der Waals surface area (Å²) in [5.74, 6) is 1.02. The highest BCUT2D eigenvalue weighted by molar-refractivity contribution is 5.57. The quantitative estimate of drug-likeness (QED) is 0.882. The van der Waals surface area contributed by atoms with E-state index < -0.39 is 0 Å². The van der Waals surface area contributed by atoms with Gasteiger partial charge in [0.1, 0.15) is 11.6 Å². The maximum absolute atomic E-state index is 13.1. The number of halogens is 1. The number of nitrogens with zero attached hydrogens (tertiary/aromatic N) is 2. The summed E-state index contributed by atoms with van der Waals surface area (Å²) in [5.41, 5.74) is 1.63. The molecule has 0 fully saturated rings. The maximum Gasteiger partial charge on any atom is 0.161 e. The first-order valence-electron chi connectivity index (χ1n) is 5.54. The van der Waals surface area contributed by atoms with Gasteiger partial charge in [-0.05, 0) is 18.6 Å². The van der Waals surface area contributed by atoms with Crippen molar-refractivity contribution in [3.8, 4) is 11.4 Å². The molecule has 0 aliphatic rings. The molecule has 2 aromatic rings. The zero-order chi connectivity index (χ0) is 12.3. The molecule has 1 N–H and O–H groups in total. The van der Waals surface area contributed by atoms with Crippen molar-refractivity contribution >= 4 is 5.82 Å². The second kappa shape index (κ2) is 4.91. The molecule has 1 heterocycles. The van der Waals surface area contributed by atoms with Crippen molar-refractivity contribution in [3.63, 3.8) is 0 Å². The van der Waals surface area contributed by atoms with Crippen LogP contribution in [0.1, 0.15) is 12.6 Å². The summed E-state index contributed by atoms with van der Waals surface area (Å²) >= 11 is 0. The summed E-state index contributed by atoms with van der Waals surface area (Å²) in [5, 5.41) is 2.98. The number of anilines is 1. The van der Waals surface area contributed by atoms with Crippen LogP contribution in [0.2, 0.25) is 0 Å². The molecule has 88 valence electrons. The van der Waals surface area contributed by atoms with E-state index in [2.05, 4.69) is 15.3 Å². The summed E-state index contributed by atoms with van der Waals surface area (Å²) in [6.45, 7) is 2.02. The Morgan fingerprint density at radius 2 is 2.06 bits per heavy atom. The van der Waals surface area contributed by atoms with E-state index in [1.165, 1.54) is 12.1 Å². The number of nitrogens with one attached hydrogen (secondary N) is 1. The van der Waals surface area contributed by atoms with E-state index in [0.29, 0.717) is 11.4 Å². The molecule has 0 spiro atoms. The summed E-state index contributed by atoms with van der Waals surface area (Å²) in [6.07, 6.45) is 0.819. The normalized spacial score (nSPS) is 10.3. The predicted molar refractivity (Wildman–Crippen MR) is 66.4 cm³/mol. The largest absolute Gasteiger partial charge is 0.373 e. The Kier molecular flexibility index (Phi) is 3.32. The maximum atomic E-state index is 13.1. The average molecular weight is 231 g/mol. The molecule has 0 amide bonds. The third kappa shape index (κ3) is 2.58. The van der Waals surface area contributed by atoms with Crippen LogP contribution in [0.5, 0.6) is 0 Å². The van der Waals surface area contributed by atoms with Gasteiger partial charge in [-0.2, -0.15) is 0 Å². The third-order valence-corrected chi connectivity index (χ3v) is 2.48. The lowest BCUT2D eigenvalue weighted by Crippen LogP contribution is -2.00. The number of rotatable bonds is 3. The topological polar surface area (TPSA) is 37.8 Å². The molecule has 0 aliphatic heterocycles. The summed E-state index contributed by atoms with van der Waals surface area (Å²) in [4.78, 5) is 8.72. The van der Waals surface area contributed by atoms with E-state index >= 15 is 0 Å². The fourth-order valence-corrected chi connectivity index (χ4v) is 1.56. The Morgan fingerprint density at radius 1 is 1.24 bits per heavy atom. The Balaban J connectivity index is 2.50. The first-order chi connectivity index (χ1) is 8.22. The molecule has 0 aliphatic carbocycles. The minimum atomic E-state index is -0.279. The number of aromatic nitrogens is 2. The fourth-order valence-electron chi connectivity index (χ4n) is 1.56. The highest BCUT2D eigenvalue weighted by atomic mass is 19.1. The first-order valence-corrected chi connectivity index (χ1v) is 5.54. The Hall–Kier alpha value is -1.97. The van der Waals surface area contributed by atoms with Crippen molar-refractivity contribution in [3.05, 3.63) is 41.8 Å². The summed E-state index contributed by atoms with van der Waals surface area (Å²) in [6, 6.07) is 8.20. The average Bonchev–Trinajstić information content (AvgIpc) is 2.38. The van der Waals surface area contributed by atoms with Crippen LogP contribution in [0.4, 0.5) is 10.2 Å². The van der Waals surface area contributed by atoms with Crippen molar-refractivity contribution in [2.45, 2.75) is 13.3 Å². The standard InChI is InChI=1S/C13H14FN3/c1-3-11-8-12(15-2)17-13(16-11)9-5-4-6-10(14)7-9/h4-8H,3H2,1-2H3,(H,15,16,17). The lowest BCUT2D eigenvalue weighted by molar-refractivity contribution is 0.628. The van der Waals surface area contributed by atoms with E-state index in [0.717, 1.165) is 17.9 Å². The SMILES string of the molecule is CCc1cc(NC)nc(-c2cccc(F)c2)n1. The van der Waals surface area contributed by atoms with Crippen molar-refractivity contribution in [1.82, 2.24) is 9.97 Å². The lowest BCUT2D eigenvalue weighted by atomic mass is 10.2. The molecule has 0 unspecified atom stereocenters. The van der Waals surface area contributed by atoms with Gasteiger partial charge in [0.2, 0.25) is 0 Å². The molecular weight excluding hydrogens is 217 g/mol. The highest BCUT2D eigenvalue weighted by Crippen LogP contribution is 2.18. The van der Waals surface area contributed by atoms with E-state index in [1.807, 2.05) is 13.0 Å². The molecular formula is C13H14FN3. The van der Waals surface area contributed by atoms with Crippen LogP contribution in [0.3, 0.4) is 0 Å². The lowest BCUT2D eigenvalue weighted by Gasteiger charge is -2.06. The second-order valence-corrected chi connectivity index (χ2v) is 3.68. The van der Waals surface area contributed by atoms with E-state index in [9.17, 15) is 4.39 Å². The van der Waals surface area contributed by atoms with Crippen LogP contribution in [-0.2, 0) is 6.42 Å². The van der Waals surface area contributed by atoms with Gasteiger partial charge in [0.25, 0.3) is 0 Å². The van der Waals surface area contributed by atoms with Gasteiger partial charge in [-0.15, -0.1) is 0 Å². The monoisotopic (exact) mass is 231 g/mol. The van der Waals surface area contributed by atoms with Gasteiger partial charge >= 0.3 is 0 Å². The van der Waals surface area contributed by atoms with Crippen molar-refractivity contribution < 1.29 is 4.39 Å². The summed E-state index contributed by atoms with van der Waals surface area (Å²) in [7, 11) is 1.80. The molecule has 0 saturated heterocycles. The van der Waals surface area contributed by atoms with Gasteiger partial charge in [0.05, 0.1) is 0 Å². The smallest absolute Gasteiger partial charge is 0.161 e. The molecule has 3 nitrogen and oxygen atoms in total. The van der Waals surface area contributed by atoms with E-state index in [4.69, 9.17) is 0 Å². The van der Waals surface area contributed by atoms with Gasteiger partial charge < -0.3 is 5.32 Å². The number of benzene rings is 1. The van der Waals surface area contributed by atoms with Gasteiger partial charge in [0.15, 0.2) is 5.82 Å². The van der Waals surface area contributed by atoms with Crippen molar-refractivity contribution in [2.24, 2.45) is 0 Å². The number of aryl methyl sites for hydroxylation is 1. The number of hydrogen-bond acceptors (Lipinski definition) is 3. The fraction of sp³-hybridized carbons (Fsp3) is 0.231. The molecule has 17 heavy (non-hydrogen) atoms. The van der Waals surface area contributed by atoms with Gasteiger partial charge in [-0.3, -0.25) is 0 Å². The third-order valence-electron chi connectivity index (χ3n) is 2.48. The minimum Gasteiger partial charge on any atom is -0.373 e. The summed E-state index contributed by atoms with van der Waals surface area (Å²) < 4.78 is 13.1. The molecule has 0 radical (unpaired) electrons. The van der Waals surface area contributed by atoms with Crippen LogP contribution in [0.15, 0.2) is 30.3 Å².